The lowest BCUT2D eigenvalue weighted by molar-refractivity contribution is 0.608. The molecule has 0 unspecified atom stereocenters. The average Bonchev–Trinajstić information content (AvgIpc) is 2.04. The Morgan fingerprint density at radius 2 is 2.10 bits per heavy atom. The normalized spacial score (nSPS) is 9.40. The Balaban J connectivity index is 2.96. The molecule has 1 rings (SSSR count). The number of hydrogen-bond acceptors (Lipinski definition) is 2. The van der Waals surface area contributed by atoms with Gasteiger partial charge in [-0.15, -0.1) is 0 Å². The lowest BCUT2D eigenvalue weighted by atomic mass is 10.2. The minimum Gasteiger partial charge on any atom is -0.385 e. The first kappa shape index (κ1) is 7.38. The zero-order valence-electron chi connectivity index (χ0n) is 5.38. The van der Waals surface area contributed by atoms with Crippen LogP contribution in [0, 0.1) is 0 Å². The molecular weight excluding hydrogens is 150 g/mol. The maximum absolute atomic E-state index is 5.39. The van der Waals surface area contributed by atoms with Crippen molar-refractivity contribution in [1.29, 1.82) is 0 Å². The summed E-state index contributed by atoms with van der Waals surface area (Å²) in [6.07, 6.45) is 0. The van der Waals surface area contributed by atoms with E-state index in [2.05, 4.69) is 4.29 Å². The van der Waals surface area contributed by atoms with Crippen LogP contribution in [0.25, 0.3) is 0 Å². The summed E-state index contributed by atoms with van der Waals surface area (Å²) < 4.78 is 4.53. The molecule has 0 amide bonds. The summed E-state index contributed by atoms with van der Waals surface area (Å²) in [4.78, 5) is 0. The minimum atomic E-state index is 0.447. The quantitative estimate of drug-likeness (QED) is 0.709. The summed E-state index contributed by atoms with van der Waals surface area (Å²) in [6.45, 7) is 0.447. The van der Waals surface area contributed by atoms with Crippen molar-refractivity contribution in [3.05, 3.63) is 29.8 Å². The summed E-state index contributed by atoms with van der Waals surface area (Å²) in [5, 5.41) is 0. The van der Waals surface area contributed by atoms with E-state index in [-0.39, 0.29) is 0 Å². The van der Waals surface area contributed by atoms with Gasteiger partial charge in [0.25, 0.3) is 0 Å². The van der Waals surface area contributed by atoms with Crippen LogP contribution in [0.2, 0.25) is 0 Å². The van der Waals surface area contributed by atoms with Crippen LogP contribution in [0.1, 0.15) is 5.56 Å². The molecular formula is C7H8ClNO. The molecule has 1 aromatic rings. The second kappa shape index (κ2) is 3.44. The average molecular weight is 158 g/mol. The third-order valence-electron chi connectivity index (χ3n) is 1.28. The molecule has 0 atom stereocenters. The molecule has 0 aliphatic rings. The van der Waals surface area contributed by atoms with E-state index in [1.54, 1.807) is 6.07 Å². The van der Waals surface area contributed by atoms with E-state index < -0.39 is 0 Å². The Kier molecular flexibility index (Phi) is 2.54. The van der Waals surface area contributed by atoms with Gasteiger partial charge in [-0.25, -0.2) is 0 Å². The van der Waals surface area contributed by atoms with E-state index in [9.17, 15) is 0 Å². The molecule has 1 aromatic carbocycles. The van der Waals surface area contributed by atoms with Crippen molar-refractivity contribution in [2.24, 2.45) is 5.73 Å². The molecule has 0 aliphatic carbocycles. The van der Waals surface area contributed by atoms with E-state index in [1.807, 2.05) is 18.2 Å². The number of para-hydroxylation sites is 1. The molecule has 3 heteroatoms. The second-order valence-electron chi connectivity index (χ2n) is 1.89. The molecule has 2 nitrogen and oxygen atoms in total. The molecule has 54 valence electrons. The number of nitrogens with two attached hydrogens (primary N) is 1. The molecule has 0 aromatic heterocycles. The fourth-order valence-electron chi connectivity index (χ4n) is 0.748. The Labute approximate surface area is 64.7 Å². The highest BCUT2D eigenvalue weighted by atomic mass is 35.5. The second-order valence-corrected chi connectivity index (χ2v) is 2.04. The Morgan fingerprint density at radius 3 is 2.60 bits per heavy atom. The first-order chi connectivity index (χ1) is 4.88. The maximum atomic E-state index is 5.39. The van der Waals surface area contributed by atoms with Crippen molar-refractivity contribution in [3.8, 4) is 5.75 Å². The maximum Gasteiger partial charge on any atom is 0.150 e. The van der Waals surface area contributed by atoms with Crippen LogP contribution in [0.3, 0.4) is 0 Å². The largest absolute Gasteiger partial charge is 0.385 e. The predicted octanol–water partition coefficient (Wildman–Crippen LogP) is 1.68. The van der Waals surface area contributed by atoms with Crippen LogP contribution in [-0.4, -0.2) is 0 Å². The molecule has 0 heterocycles. The highest BCUT2D eigenvalue weighted by Gasteiger charge is 1.97. The van der Waals surface area contributed by atoms with Gasteiger partial charge in [-0.3, -0.25) is 0 Å². The molecule has 0 saturated carbocycles. The highest BCUT2D eigenvalue weighted by molar-refractivity contribution is 6.09. The van der Waals surface area contributed by atoms with Gasteiger partial charge in [-0.1, -0.05) is 18.2 Å². The Bertz CT molecular complexity index is 192. The fraction of sp³-hybridized carbons (Fsp3) is 0.143. The van der Waals surface area contributed by atoms with Gasteiger partial charge in [-0.05, 0) is 6.07 Å². The zero-order chi connectivity index (χ0) is 7.40. The van der Waals surface area contributed by atoms with E-state index in [0.717, 1.165) is 5.56 Å². The number of halogens is 1. The van der Waals surface area contributed by atoms with Crippen molar-refractivity contribution in [3.63, 3.8) is 0 Å². The van der Waals surface area contributed by atoms with Gasteiger partial charge in [0.2, 0.25) is 0 Å². The monoisotopic (exact) mass is 157 g/mol. The topological polar surface area (TPSA) is 35.2 Å². The molecule has 2 N–H and O–H groups in total. The third kappa shape index (κ3) is 1.40. The summed E-state index contributed by atoms with van der Waals surface area (Å²) in [6, 6.07) is 7.38. The summed E-state index contributed by atoms with van der Waals surface area (Å²) >= 11 is 5.16. The number of benzene rings is 1. The van der Waals surface area contributed by atoms with E-state index in [0.29, 0.717) is 12.3 Å². The molecule has 0 saturated heterocycles. The van der Waals surface area contributed by atoms with Crippen LogP contribution in [-0.2, 0) is 6.54 Å². The van der Waals surface area contributed by atoms with Gasteiger partial charge in [0.05, 0.1) is 0 Å². The fourth-order valence-corrected chi connectivity index (χ4v) is 0.898. The van der Waals surface area contributed by atoms with Crippen molar-refractivity contribution in [2.75, 3.05) is 0 Å². The molecule has 0 bridgehead atoms. The van der Waals surface area contributed by atoms with E-state index in [4.69, 9.17) is 17.6 Å². The van der Waals surface area contributed by atoms with Crippen LogP contribution in [0.5, 0.6) is 5.75 Å². The highest BCUT2D eigenvalue weighted by Crippen LogP contribution is 2.17. The molecule has 0 aliphatic heterocycles. The minimum absolute atomic E-state index is 0.447. The van der Waals surface area contributed by atoms with Crippen LogP contribution in [0.15, 0.2) is 24.3 Å². The molecule has 0 fully saturated rings. The smallest absolute Gasteiger partial charge is 0.150 e. The summed E-state index contributed by atoms with van der Waals surface area (Å²) in [7, 11) is 0. The van der Waals surface area contributed by atoms with Gasteiger partial charge in [0.1, 0.15) is 11.9 Å². The third-order valence-corrected chi connectivity index (χ3v) is 1.44. The zero-order valence-corrected chi connectivity index (χ0v) is 6.14. The summed E-state index contributed by atoms with van der Waals surface area (Å²) in [5.41, 5.74) is 6.30. The van der Waals surface area contributed by atoms with Crippen molar-refractivity contribution < 1.29 is 4.29 Å². The lowest BCUT2D eigenvalue weighted by Gasteiger charge is -2.00. The molecule has 10 heavy (non-hydrogen) atoms. The van der Waals surface area contributed by atoms with Crippen molar-refractivity contribution >= 4 is 11.9 Å². The summed E-state index contributed by atoms with van der Waals surface area (Å²) in [5.74, 6) is 0.631. The lowest BCUT2D eigenvalue weighted by Crippen LogP contribution is -1.97. The first-order valence-electron chi connectivity index (χ1n) is 2.95. The van der Waals surface area contributed by atoms with Crippen molar-refractivity contribution in [1.82, 2.24) is 0 Å². The van der Waals surface area contributed by atoms with Crippen molar-refractivity contribution in [2.45, 2.75) is 6.54 Å². The van der Waals surface area contributed by atoms with Gasteiger partial charge in [0.15, 0.2) is 5.75 Å². The Hall–Kier alpha value is -0.730. The van der Waals surface area contributed by atoms with Gasteiger partial charge >= 0.3 is 0 Å². The Morgan fingerprint density at radius 1 is 1.40 bits per heavy atom. The van der Waals surface area contributed by atoms with Gasteiger partial charge < -0.3 is 10.0 Å². The molecule has 0 radical (unpaired) electrons. The predicted molar refractivity (Wildman–Crippen MR) is 40.8 cm³/mol. The van der Waals surface area contributed by atoms with Crippen LogP contribution in [0.4, 0.5) is 0 Å². The molecule has 0 spiro atoms. The van der Waals surface area contributed by atoms with Crippen LogP contribution < -0.4 is 10.0 Å². The number of hydrogen-bond donors (Lipinski definition) is 1. The first-order valence-corrected chi connectivity index (χ1v) is 3.26. The van der Waals surface area contributed by atoms with Gasteiger partial charge in [0, 0.05) is 12.1 Å². The SMILES string of the molecule is NCc1ccccc1OCl. The van der Waals surface area contributed by atoms with E-state index in [1.165, 1.54) is 0 Å². The number of rotatable bonds is 2. The van der Waals surface area contributed by atoms with Gasteiger partial charge in [-0.2, -0.15) is 0 Å². The standard InChI is InChI=1S/C7H8ClNO/c8-10-7-4-2-1-3-6(7)5-9/h1-4H,5,9H2. The van der Waals surface area contributed by atoms with Crippen LogP contribution >= 0.6 is 11.9 Å². The van der Waals surface area contributed by atoms with E-state index >= 15 is 0 Å².